The fourth-order valence-corrected chi connectivity index (χ4v) is 3.22. The molecule has 1 fully saturated rings. The zero-order valence-electron chi connectivity index (χ0n) is 10.3. The van der Waals surface area contributed by atoms with Crippen LogP contribution in [0.5, 0.6) is 0 Å². The summed E-state index contributed by atoms with van der Waals surface area (Å²) in [5, 5.41) is 9.04. The Morgan fingerprint density at radius 2 is 2.06 bits per heavy atom. The highest BCUT2D eigenvalue weighted by molar-refractivity contribution is 8.00. The Bertz CT molecular complexity index is 498. The summed E-state index contributed by atoms with van der Waals surface area (Å²) in [7, 11) is 0. The topological polar surface area (TPSA) is 27.0 Å². The van der Waals surface area contributed by atoms with E-state index in [1.165, 1.54) is 12.1 Å². The third kappa shape index (κ3) is 2.17. The minimum atomic E-state index is -1.05. The van der Waals surface area contributed by atoms with Crippen LogP contribution in [0.3, 0.4) is 0 Å². The Morgan fingerprint density at radius 1 is 1.33 bits per heavy atom. The Labute approximate surface area is 110 Å². The van der Waals surface area contributed by atoms with E-state index in [9.17, 15) is 8.78 Å². The van der Waals surface area contributed by atoms with E-state index < -0.39 is 11.6 Å². The van der Waals surface area contributed by atoms with Crippen molar-refractivity contribution < 1.29 is 8.78 Å². The van der Waals surface area contributed by atoms with Gasteiger partial charge in [0.05, 0.1) is 11.3 Å². The lowest BCUT2D eigenvalue weighted by Crippen LogP contribution is -2.45. The van der Waals surface area contributed by atoms with E-state index in [1.54, 1.807) is 6.07 Å². The molecule has 0 radical (unpaired) electrons. The molecule has 0 bridgehead atoms. The standard InChI is InChI=1S/C13H14F2N2S/c1-8-9(2)18-6-5-17(8)11-4-3-10(7-16)12(14)13(11)15/h3-4,8-9H,5-6H2,1-2H3. The normalized spacial score (nSPS) is 23.8. The zero-order valence-corrected chi connectivity index (χ0v) is 11.1. The van der Waals surface area contributed by atoms with Crippen LogP contribution >= 0.6 is 11.8 Å². The number of halogens is 2. The highest BCUT2D eigenvalue weighted by atomic mass is 32.2. The van der Waals surface area contributed by atoms with Crippen molar-refractivity contribution in [2.75, 3.05) is 17.2 Å². The summed E-state index contributed by atoms with van der Waals surface area (Å²) in [6, 6.07) is 4.63. The largest absolute Gasteiger partial charge is 0.364 e. The van der Waals surface area contributed by atoms with E-state index in [-0.39, 0.29) is 17.3 Å². The van der Waals surface area contributed by atoms with E-state index in [0.29, 0.717) is 11.8 Å². The van der Waals surface area contributed by atoms with E-state index in [2.05, 4.69) is 6.92 Å². The van der Waals surface area contributed by atoms with E-state index in [1.807, 2.05) is 23.6 Å². The van der Waals surface area contributed by atoms with E-state index >= 15 is 0 Å². The first-order valence-electron chi connectivity index (χ1n) is 5.82. The quantitative estimate of drug-likeness (QED) is 0.783. The van der Waals surface area contributed by atoms with Crippen LogP contribution in [0.15, 0.2) is 12.1 Å². The molecule has 5 heteroatoms. The number of thioether (sulfide) groups is 1. The van der Waals surface area contributed by atoms with Gasteiger partial charge in [-0.2, -0.15) is 17.0 Å². The minimum Gasteiger partial charge on any atom is -0.364 e. The molecule has 1 aromatic carbocycles. The Kier molecular flexibility index (Phi) is 3.76. The van der Waals surface area contributed by atoms with Crippen molar-refractivity contribution in [1.82, 2.24) is 0 Å². The molecule has 0 aliphatic carbocycles. The van der Waals surface area contributed by atoms with Gasteiger partial charge < -0.3 is 4.90 Å². The summed E-state index contributed by atoms with van der Waals surface area (Å²) in [6.45, 7) is 4.78. The molecule has 2 rings (SSSR count). The number of rotatable bonds is 1. The lowest BCUT2D eigenvalue weighted by atomic mass is 10.1. The van der Waals surface area contributed by atoms with Gasteiger partial charge in [0, 0.05) is 23.6 Å². The minimum absolute atomic E-state index is 0.144. The fourth-order valence-electron chi connectivity index (χ4n) is 2.12. The molecule has 1 heterocycles. The number of hydrogen-bond donors (Lipinski definition) is 0. The van der Waals surface area contributed by atoms with Crippen LogP contribution in [-0.4, -0.2) is 23.6 Å². The first-order chi connectivity index (χ1) is 8.56. The second-order valence-electron chi connectivity index (χ2n) is 4.38. The molecule has 1 aliphatic rings. The monoisotopic (exact) mass is 268 g/mol. The summed E-state index contributed by atoms with van der Waals surface area (Å²) in [5.41, 5.74) is 0.00878. The van der Waals surface area contributed by atoms with E-state index in [0.717, 1.165) is 5.75 Å². The average Bonchev–Trinajstić information content (AvgIpc) is 2.37. The maximum atomic E-state index is 14.0. The summed E-state index contributed by atoms with van der Waals surface area (Å²) in [5.74, 6) is -1.07. The maximum Gasteiger partial charge on any atom is 0.183 e. The van der Waals surface area contributed by atoms with Crippen LogP contribution < -0.4 is 4.90 Å². The molecular formula is C13H14F2N2S. The Hall–Kier alpha value is -1.28. The van der Waals surface area contributed by atoms with Crippen molar-refractivity contribution in [3.05, 3.63) is 29.3 Å². The molecule has 0 spiro atoms. The van der Waals surface area contributed by atoms with Gasteiger partial charge in [-0.05, 0) is 19.1 Å². The first-order valence-corrected chi connectivity index (χ1v) is 6.87. The molecule has 96 valence electrons. The van der Waals surface area contributed by atoms with Crippen LogP contribution in [0, 0.1) is 23.0 Å². The summed E-state index contributed by atoms with van der Waals surface area (Å²) >= 11 is 1.83. The summed E-state index contributed by atoms with van der Waals surface area (Å²) in [6.07, 6.45) is 0. The molecule has 1 saturated heterocycles. The Balaban J connectivity index is 2.40. The van der Waals surface area contributed by atoms with Crippen molar-refractivity contribution >= 4 is 17.4 Å². The smallest absolute Gasteiger partial charge is 0.183 e. The average molecular weight is 268 g/mol. The van der Waals surface area contributed by atoms with Gasteiger partial charge >= 0.3 is 0 Å². The molecule has 2 unspecified atom stereocenters. The van der Waals surface area contributed by atoms with Gasteiger partial charge in [0.25, 0.3) is 0 Å². The summed E-state index contributed by atoms with van der Waals surface area (Å²) in [4.78, 5) is 1.88. The van der Waals surface area contributed by atoms with Crippen LogP contribution in [0.1, 0.15) is 19.4 Å². The zero-order chi connectivity index (χ0) is 13.3. The van der Waals surface area contributed by atoms with Gasteiger partial charge in [0.1, 0.15) is 6.07 Å². The lowest BCUT2D eigenvalue weighted by Gasteiger charge is -2.39. The van der Waals surface area contributed by atoms with Gasteiger partial charge in [-0.3, -0.25) is 0 Å². The van der Waals surface area contributed by atoms with Gasteiger partial charge in [-0.1, -0.05) is 6.92 Å². The second-order valence-corrected chi connectivity index (χ2v) is 5.87. The van der Waals surface area contributed by atoms with Gasteiger partial charge in [-0.15, -0.1) is 0 Å². The maximum absolute atomic E-state index is 14.0. The molecule has 0 saturated carbocycles. The third-order valence-corrected chi connectivity index (χ3v) is 4.71. The second kappa shape index (κ2) is 5.15. The molecule has 2 atom stereocenters. The van der Waals surface area contributed by atoms with Crippen LogP contribution in [0.25, 0.3) is 0 Å². The molecule has 0 amide bonds. The number of anilines is 1. The summed E-state index contributed by atoms with van der Waals surface area (Å²) < 4.78 is 27.6. The number of benzene rings is 1. The number of hydrogen-bond acceptors (Lipinski definition) is 3. The van der Waals surface area contributed by atoms with Crippen molar-refractivity contribution in [2.45, 2.75) is 25.1 Å². The van der Waals surface area contributed by atoms with Gasteiger partial charge in [0.2, 0.25) is 0 Å². The first kappa shape index (κ1) is 13.2. The number of nitrogens with zero attached hydrogens (tertiary/aromatic N) is 2. The van der Waals surface area contributed by atoms with Crippen LogP contribution in [0.4, 0.5) is 14.5 Å². The van der Waals surface area contributed by atoms with Crippen molar-refractivity contribution in [3.8, 4) is 6.07 Å². The Morgan fingerprint density at radius 3 is 2.72 bits per heavy atom. The number of nitriles is 1. The molecule has 1 aromatic rings. The molecule has 18 heavy (non-hydrogen) atoms. The highest BCUT2D eigenvalue weighted by Crippen LogP contribution is 2.32. The lowest BCUT2D eigenvalue weighted by molar-refractivity contribution is 0.497. The van der Waals surface area contributed by atoms with Crippen molar-refractivity contribution in [2.24, 2.45) is 0 Å². The van der Waals surface area contributed by atoms with E-state index in [4.69, 9.17) is 5.26 Å². The molecule has 0 aromatic heterocycles. The van der Waals surface area contributed by atoms with Crippen molar-refractivity contribution in [1.29, 1.82) is 5.26 Å². The van der Waals surface area contributed by atoms with Gasteiger partial charge in [0.15, 0.2) is 11.6 Å². The molecule has 0 N–H and O–H groups in total. The molecule has 2 nitrogen and oxygen atoms in total. The van der Waals surface area contributed by atoms with Crippen molar-refractivity contribution in [3.63, 3.8) is 0 Å². The predicted octanol–water partition coefficient (Wildman–Crippen LogP) is 3.17. The highest BCUT2D eigenvalue weighted by Gasteiger charge is 2.28. The van der Waals surface area contributed by atoms with Crippen LogP contribution in [0.2, 0.25) is 0 Å². The molecular weight excluding hydrogens is 254 g/mol. The third-order valence-electron chi connectivity index (χ3n) is 3.38. The van der Waals surface area contributed by atoms with Gasteiger partial charge in [-0.25, -0.2) is 8.78 Å². The molecule has 1 aliphatic heterocycles. The predicted molar refractivity (Wildman–Crippen MR) is 69.8 cm³/mol. The fraction of sp³-hybridized carbons (Fsp3) is 0.462. The SMILES string of the molecule is CC1SCCN(c2ccc(C#N)c(F)c2F)C1C. The van der Waals surface area contributed by atoms with Crippen LogP contribution in [-0.2, 0) is 0 Å².